The summed E-state index contributed by atoms with van der Waals surface area (Å²) in [6.07, 6.45) is 5.31. The number of hydrogen-bond donors (Lipinski definition) is 0. The molecule has 0 amide bonds. The van der Waals surface area contributed by atoms with Crippen LogP contribution in [0, 0.1) is 41.5 Å². The standard InChI is InChI=1S/3C8H9.C6H13.Sn/c3*1-7-3-5-8(2)6-4-7;1-3-5-6-4-2;/h3*3-5H,1-2H3;1,3-6H2,2H3;. The van der Waals surface area contributed by atoms with Crippen LogP contribution < -0.4 is 10.7 Å². The van der Waals surface area contributed by atoms with E-state index in [4.69, 9.17) is 0 Å². The number of rotatable bonds is 8. The van der Waals surface area contributed by atoms with Gasteiger partial charge in [-0.1, -0.05) is 0 Å². The summed E-state index contributed by atoms with van der Waals surface area (Å²) in [5, 5.41) is 0. The maximum absolute atomic E-state index is 3.26. The SMILES string of the molecule is CCCCC[CH2][Sn]([c]1cc(C)ccc1C)([c]1cc(C)ccc1C)[c]1cc(C)ccc1C. The first-order valence-electron chi connectivity index (χ1n) is 12.0. The Morgan fingerprint density at radius 1 is 0.516 bits per heavy atom. The van der Waals surface area contributed by atoms with Gasteiger partial charge in [0.15, 0.2) is 0 Å². The molecule has 0 aliphatic heterocycles. The van der Waals surface area contributed by atoms with Crippen molar-refractivity contribution in [2.24, 2.45) is 0 Å². The molecular formula is C30H40Sn. The van der Waals surface area contributed by atoms with E-state index in [1.54, 1.807) is 10.7 Å². The van der Waals surface area contributed by atoms with Crippen molar-refractivity contribution in [1.82, 2.24) is 0 Å². The van der Waals surface area contributed by atoms with Crippen LogP contribution in [0.5, 0.6) is 0 Å². The van der Waals surface area contributed by atoms with Crippen molar-refractivity contribution in [3.05, 3.63) is 88.0 Å². The van der Waals surface area contributed by atoms with Crippen LogP contribution in [0.3, 0.4) is 0 Å². The molecule has 0 radical (unpaired) electrons. The summed E-state index contributed by atoms with van der Waals surface area (Å²) in [7, 11) is 0. The molecule has 0 fully saturated rings. The van der Waals surface area contributed by atoms with E-state index in [2.05, 4.69) is 103 Å². The van der Waals surface area contributed by atoms with Crippen LogP contribution in [-0.4, -0.2) is 18.4 Å². The van der Waals surface area contributed by atoms with E-state index in [1.807, 2.05) is 0 Å². The van der Waals surface area contributed by atoms with Crippen molar-refractivity contribution >= 4 is 29.1 Å². The van der Waals surface area contributed by atoms with E-state index in [0.29, 0.717) is 0 Å². The molecule has 0 N–H and O–H groups in total. The van der Waals surface area contributed by atoms with Crippen molar-refractivity contribution in [3.8, 4) is 0 Å². The third kappa shape index (κ3) is 5.11. The molecule has 31 heavy (non-hydrogen) atoms. The van der Waals surface area contributed by atoms with Crippen molar-refractivity contribution < 1.29 is 0 Å². The van der Waals surface area contributed by atoms with E-state index in [9.17, 15) is 0 Å². The molecule has 0 saturated heterocycles. The van der Waals surface area contributed by atoms with E-state index in [0.717, 1.165) is 0 Å². The van der Waals surface area contributed by atoms with Crippen LogP contribution >= 0.6 is 0 Å². The molecule has 3 aromatic carbocycles. The molecule has 0 bridgehead atoms. The van der Waals surface area contributed by atoms with Gasteiger partial charge in [-0.15, -0.1) is 0 Å². The molecule has 164 valence electrons. The van der Waals surface area contributed by atoms with Gasteiger partial charge in [0, 0.05) is 0 Å². The minimum atomic E-state index is -3.26. The predicted octanol–water partition coefficient (Wildman–Crippen LogP) is 6.59. The topological polar surface area (TPSA) is 0 Å². The van der Waals surface area contributed by atoms with Crippen LogP contribution in [0.25, 0.3) is 0 Å². The van der Waals surface area contributed by atoms with Gasteiger partial charge >= 0.3 is 196 Å². The Balaban J connectivity index is 2.41. The molecule has 0 nitrogen and oxygen atoms in total. The van der Waals surface area contributed by atoms with Gasteiger partial charge in [-0.05, 0) is 0 Å². The van der Waals surface area contributed by atoms with Gasteiger partial charge in [-0.2, -0.15) is 0 Å². The molecule has 0 aliphatic carbocycles. The molecule has 1 heteroatoms. The molecule has 0 aliphatic rings. The second-order valence-corrected chi connectivity index (χ2v) is 20.9. The van der Waals surface area contributed by atoms with E-state index >= 15 is 0 Å². The summed E-state index contributed by atoms with van der Waals surface area (Å²) in [5.74, 6) is 0. The van der Waals surface area contributed by atoms with Crippen molar-refractivity contribution in [1.29, 1.82) is 0 Å². The van der Waals surface area contributed by atoms with Gasteiger partial charge in [0.1, 0.15) is 0 Å². The molecule has 0 saturated carbocycles. The summed E-state index contributed by atoms with van der Waals surface area (Å²) in [6.45, 7) is 16.2. The first kappa shape index (κ1) is 24.1. The van der Waals surface area contributed by atoms with E-state index < -0.39 is 18.4 Å². The quantitative estimate of drug-likeness (QED) is 0.233. The normalized spacial score (nSPS) is 11.7. The summed E-state index contributed by atoms with van der Waals surface area (Å²) >= 11 is -3.26. The zero-order chi connectivity index (χ0) is 22.6. The summed E-state index contributed by atoms with van der Waals surface area (Å²) in [4.78, 5) is 0. The first-order valence-corrected chi connectivity index (χ1v) is 18.3. The number of hydrogen-bond acceptors (Lipinski definition) is 0. The molecule has 0 atom stereocenters. The first-order chi connectivity index (χ1) is 14.8. The Kier molecular flexibility index (Phi) is 8.07. The predicted molar refractivity (Wildman–Crippen MR) is 141 cm³/mol. The Morgan fingerprint density at radius 3 is 1.26 bits per heavy atom. The Morgan fingerprint density at radius 2 is 0.903 bits per heavy atom. The summed E-state index contributed by atoms with van der Waals surface area (Å²) in [5.41, 5.74) is 8.64. The molecular weight excluding hydrogens is 479 g/mol. The zero-order valence-electron chi connectivity index (χ0n) is 20.7. The maximum atomic E-state index is 2.55. The van der Waals surface area contributed by atoms with Crippen molar-refractivity contribution in [2.45, 2.75) is 78.6 Å². The van der Waals surface area contributed by atoms with Crippen LogP contribution in [-0.2, 0) is 0 Å². The molecule has 0 heterocycles. The van der Waals surface area contributed by atoms with Crippen LogP contribution in [0.4, 0.5) is 0 Å². The Bertz CT molecular complexity index is 919. The van der Waals surface area contributed by atoms with Crippen LogP contribution in [0.15, 0.2) is 54.6 Å². The Labute approximate surface area is 195 Å². The number of aryl methyl sites for hydroxylation is 6. The summed E-state index contributed by atoms with van der Waals surface area (Å²) in [6, 6.07) is 21.6. The average molecular weight is 519 g/mol. The summed E-state index contributed by atoms with van der Waals surface area (Å²) < 4.78 is 6.42. The zero-order valence-corrected chi connectivity index (χ0v) is 23.6. The molecule has 3 rings (SSSR count). The molecule has 0 spiro atoms. The third-order valence-corrected chi connectivity index (χ3v) is 22.6. The third-order valence-electron chi connectivity index (χ3n) is 6.96. The van der Waals surface area contributed by atoms with Gasteiger partial charge in [0.05, 0.1) is 0 Å². The van der Waals surface area contributed by atoms with Crippen LogP contribution in [0.2, 0.25) is 4.44 Å². The van der Waals surface area contributed by atoms with Gasteiger partial charge in [0.2, 0.25) is 0 Å². The van der Waals surface area contributed by atoms with Crippen molar-refractivity contribution in [3.63, 3.8) is 0 Å². The second-order valence-electron chi connectivity index (χ2n) is 9.67. The molecule has 0 aromatic heterocycles. The minimum absolute atomic E-state index is 1.29. The molecule has 3 aromatic rings. The fourth-order valence-corrected chi connectivity index (χ4v) is 22.8. The van der Waals surface area contributed by atoms with E-state index in [-0.39, 0.29) is 0 Å². The fraction of sp³-hybridized carbons (Fsp3) is 0.400. The van der Waals surface area contributed by atoms with Gasteiger partial charge in [-0.25, -0.2) is 0 Å². The van der Waals surface area contributed by atoms with Crippen LogP contribution in [0.1, 0.15) is 66.0 Å². The Hall–Kier alpha value is -1.54. The van der Waals surface area contributed by atoms with Crippen molar-refractivity contribution in [2.75, 3.05) is 0 Å². The van der Waals surface area contributed by atoms with E-state index in [1.165, 1.54) is 63.5 Å². The monoisotopic (exact) mass is 520 g/mol. The second kappa shape index (κ2) is 10.4. The van der Waals surface area contributed by atoms with Gasteiger partial charge in [0.25, 0.3) is 0 Å². The average Bonchev–Trinajstić information content (AvgIpc) is 2.74. The molecule has 0 unspecified atom stereocenters. The number of unbranched alkanes of at least 4 members (excludes halogenated alkanes) is 3. The fourth-order valence-electron chi connectivity index (χ4n) is 5.24. The van der Waals surface area contributed by atoms with Gasteiger partial charge < -0.3 is 0 Å². The van der Waals surface area contributed by atoms with Gasteiger partial charge in [-0.3, -0.25) is 0 Å². The number of benzene rings is 3.